The summed E-state index contributed by atoms with van der Waals surface area (Å²) in [6.45, 7) is 4.60. The minimum Gasteiger partial charge on any atom is -0.351 e. The molecule has 1 atom stereocenters. The molecule has 22 heavy (non-hydrogen) atoms. The Kier molecular flexibility index (Phi) is 5.52. The minimum atomic E-state index is -0.374. The van der Waals surface area contributed by atoms with E-state index in [4.69, 9.17) is 17.3 Å². The maximum Gasteiger partial charge on any atom is 0.229 e. The number of amides is 1. The van der Waals surface area contributed by atoms with Crippen LogP contribution in [0.1, 0.15) is 28.4 Å². The van der Waals surface area contributed by atoms with E-state index in [0.717, 1.165) is 22.5 Å². The first-order valence-electron chi connectivity index (χ1n) is 7.17. The quantitative estimate of drug-likeness (QED) is 0.891. The van der Waals surface area contributed by atoms with E-state index in [2.05, 4.69) is 10.3 Å². The van der Waals surface area contributed by atoms with Gasteiger partial charge in [0.25, 0.3) is 0 Å². The van der Waals surface area contributed by atoms with Gasteiger partial charge in [-0.05, 0) is 49.2 Å². The van der Waals surface area contributed by atoms with Crippen LogP contribution < -0.4 is 11.1 Å². The average Bonchev–Trinajstić information content (AvgIpc) is 2.47. The molecule has 2 aromatic rings. The van der Waals surface area contributed by atoms with Crippen LogP contribution in [-0.2, 0) is 11.3 Å². The fourth-order valence-corrected chi connectivity index (χ4v) is 2.55. The molecule has 5 heteroatoms. The number of rotatable bonds is 5. The number of carbonyl (C=O) groups excluding carboxylic acids is 1. The Morgan fingerprint density at radius 2 is 1.82 bits per heavy atom. The van der Waals surface area contributed by atoms with Crippen molar-refractivity contribution in [1.82, 2.24) is 10.3 Å². The number of pyridine rings is 1. The summed E-state index contributed by atoms with van der Waals surface area (Å²) >= 11 is 5.87. The lowest BCUT2D eigenvalue weighted by molar-refractivity contribution is -0.122. The summed E-state index contributed by atoms with van der Waals surface area (Å²) in [7, 11) is 0. The van der Waals surface area contributed by atoms with Gasteiger partial charge in [-0.1, -0.05) is 23.7 Å². The van der Waals surface area contributed by atoms with E-state index in [0.29, 0.717) is 11.6 Å². The van der Waals surface area contributed by atoms with Gasteiger partial charge in [0.1, 0.15) is 0 Å². The number of nitrogens with one attached hydrogen (secondary N) is 1. The SMILES string of the molecule is Cc1cc(CNC(=O)C(CN)c2ccc(Cl)cc2)cc(C)n1. The molecule has 1 heterocycles. The minimum absolute atomic E-state index is 0.0862. The van der Waals surface area contributed by atoms with Gasteiger partial charge < -0.3 is 11.1 Å². The average molecular weight is 318 g/mol. The summed E-state index contributed by atoms with van der Waals surface area (Å²) in [6.07, 6.45) is 0. The Hall–Kier alpha value is -1.91. The Labute approximate surface area is 135 Å². The molecule has 1 aromatic heterocycles. The monoisotopic (exact) mass is 317 g/mol. The second-order valence-electron chi connectivity index (χ2n) is 5.32. The van der Waals surface area contributed by atoms with Crippen molar-refractivity contribution < 1.29 is 4.79 Å². The van der Waals surface area contributed by atoms with E-state index in [-0.39, 0.29) is 18.4 Å². The van der Waals surface area contributed by atoms with Gasteiger partial charge in [-0.15, -0.1) is 0 Å². The van der Waals surface area contributed by atoms with Crippen LogP contribution >= 0.6 is 11.6 Å². The Balaban J connectivity index is 2.04. The molecular formula is C17H20ClN3O. The third-order valence-corrected chi connectivity index (χ3v) is 3.68. The smallest absolute Gasteiger partial charge is 0.229 e. The molecule has 0 saturated heterocycles. The molecule has 1 aromatic carbocycles. The molecule has 4 nitrogen and oxygen atoms in total. The number of carbonyl (C=O) groups is 1. The van der Waals surface area contributed by atoms with Crippen molar-refractivity contribution in [1.29, 1.82) is 0 Å². The van der Waals surface area contributed by atoms with Crippen LogP contribution in [0.25, 0.3) is 0 Å². The zero-order valence-corrected chi connectivity index (χ0v) is 13.5. The fourth-order valence-electron chi connectivity index (χ4n) is 2.43. The molecule has 0 spiro atoms. The zero-order chi connectivity index (χ0) is 16.1. The maximum atomic E-state index is 12.4. The predicted molar refractivity (Wildman–Crippen MR) is 88.8 cm³/mol. The Morgan fingerprint density at radius 3 is 2.36 bits per heavy atom. The highest BCUT2D eigenvalue weighted by Crippen LogP contribution is 2.18. The number of halogens is 1. The third-order valence-electron chi connectivity index (χ3n) is 3.43. The van der Waals surface area contributed by atoms with Crippen molar-refractivity contribution in [2.24, 2.45) is 5.73 Å². The highest BCUT2D eigenvalue weighted by atomic mass is 35.5. The van der Waals surface area contributed by atoms with Gasteiger partial charge in [-0.3, -0.25) is 9.78 Å². The molecule has 0 fully saturated rings. The molecule has 0 aliphatic carbocycles. The van der Waals surface area contributed by atoms with Crippen LogP contribution in [0.5, 0.6) is 0 Å². The van der Waals surface area contributed by atoms with Crippen molar-refractivity contribution in [3.63, 3.8) is 0 Å². The van der Waals surface area contributed by atoms with Gasteiger partial charge in [0.15, 0.2) is 0 Å². The number of nitrogens with two attached hydrogens (primary N) is 1. The maximum absolute atomic E-state index is 12.4. The number of benzene rings is 1. The third kappa shape index (κ3) is 4.29. The van der Waals surface area contributed by atoms with E-state index in [1.54, 1.807) is 12.1 Å². The van der Waals surface area contributed by atoms with E-state index < -0.39 is 0 Å². The van der Waals surface area contributed by atoms with E-state index >= 15 is 0 Å². The summed E-state index contributed by atoms with van der Waals surface area (Å²) in [5.41, 5.74) is 9.54. The van der Waals surface area contributed by atoms with E-state index in [9.17, 15) is 4.79 Å². The summed E-state index contributed by atoms with van der Waals surface area (Å²) in [4.78, 5) is 16.7. The van der Waals surface area contributed by atoms with Gasteiger partial charge in [-0.25, -0.2) is 0 Å². The van der Waals surface area contributed by atoms with Crippen LogP contribution in [0.15, 0.2) is 36.4 Å². The molecule has 0 aliphatic rings. The van der Waals surface area contributed by atoms with Crippen LogP contribution in [0.3, 0.4) is 0 Å². The standard InChI is InChI=1S/C17H20ClN3O/c1-11-7-13(8-12(2)21-11)10-20-17(22)16(9-19)14-3-5-15(18)6-4-14/h3-8,16H,9-10,19H2,1-2H3,(H,20,22). The van der Waals surface area contributed by atoms with E-state index in [1.165, 1.54) is 0 Å². The lowest BCUT2D eigenvalue weighted by atomic mass is 9.98. The first kappa shape index (κ1) is 16.5. The van der Waals surface area contributed by atoms with Crippen molar-refractivity contribution in [2.75, 3.05) is 6.54 Å². The molecule has 116 valence electrons. The van der Waals surface area contributed by atoms with Crippen molar-refractivity contribution >= 4 is 17.5 Å². The first-order valence-corrected chi connectivity index (χ1v) is 7.55. The number of nitrogens with zero attached hydrogens (tertiary/aromatic N) is 1. The molecule has 0 bridgehead atoms. The van der Waals surface area contributed by atoms with Crippen LogP contribution in [0.2, 0.25) is 5.02 Å². The summed E-state index contributed by atoms with van der Waals surface area (Å²) in [5.74, 6) is -0.460. The summed E-state index contributed by atoms with van der Waals surface area (Å²) < 4.78 is 0. The lowest BCUT2D eigenvalue weighted by Gasteiger charge is -2.16. The zero-order valence-electron chi connectivity index (χ0n) is 12.8. The van der Waals surface area contributed by atoms with Gasteiger partial charge >= 0.3 is 0 Å². The molecule has 1 amide bonds. The number of hydrogen-bond acceptors (Lipinski definition) is 3. The fraction of sp³-hybridized carbons (Fsp3) is 0.294. The summed E-state index contributed by atoms with van der Waals surface area (Å²) in [5, 5.41) is 3.58. The van der Waals surface area contributed by atoms with Crippen molar-refractivity contribution in [3.8, 4) is 0 Å². The molecule has 0 saturated carbocycles. The second kappa shape index (κ2) is 7.38. The molecule has 1 unspecified atom stereocenters. The first-order chi connectivity index (χ1) is 10.5. The highest BCUT2D eigenvalue weighted by Gasteiger charge is 2.18. The van der Waals surface area contributed by atoms with Gasteiger partial charge in [0.2, 0.25) is 5.91 Å². The number of hydrogen-bond donors (Lipinski definition) is 2. The summed E-state index contributed by atoms with van der Waals surface area (Å²) in [6, 6.07) is 11.1. The molecule has 3 N–H and O–H groups in total. The number of aromatic nitrogens is 1. The topological polar surface area (TPSA) is 68.0 Å². The van der Waals surface area contributed by atoms with Crippen LogP contribution in [-0.4, -0.2) is 17.4 Å². The van der Waals surface area contributed by atoms with Gasteiger partial charge in [0, 0.05) is 29.5 Å². The second-order valence-corrected chi connectivity index (χ2v) is 5.75. The Bertz CT molecular complexity index is 635. The van der Waals surface area contributed by atoms with Crippen LogP contribution in [0, 0.1) is 13.8 Å². The normalized spacial score (nSPS) is 12.0. The van der Waals surface area contributed by atoms with Crippen LogP contribution in [0.4, 0.5) is 0 Å². The Morgan fingerprint density at radius 1 is 1.23 bits per heavy atom. The highest BCUT2D eigenvalue weighted by molar-refractivity contribution is 6.30. The van der Waals surface area contributed by atoms with Gasteiger partial charge in [0.05, 0.1) is 5.92 Å². The lowest BCUT2D eigenvalue weighted by Crippen LogP contribution is -2.33. The van der Waals surface area contributed by atoms with Crippen molar-refractivity contribution in [2.45, 2.75) is 26.3 Å². The molecular weight excluding hydrogens is 298 g/mol. The van der Waals surface area contributed by atoms with Crippen molar-refractivity contribution in [3.05, 3.63) is 63.9 Å². The molecule has 0 radical (unpaired) electrons. The van der Waals surface area contributed by atoms with E-state index in [1.807, 2.05) is 38.1 Å². The molecule has 0 aliphatic heterocycles. The predicted octanol–water partition coefficient (Wildman–Crippen LogP) is 2.71. The number of aryl methyl sites for hydroxylation is 2. The largest absolute Gasteiger partial charge is 0.351 e. The molecule has 2 rings (SSSR count). The van der Waals surface area contributed by atoms with Gasteiger partial charge in [-0.2, -0.15) is 0 Å².